The lowest BCUT2D eigenvalue weighted by Gasteiger charge is -1.97. The van der Waals surface area contributed by atoms with Crippen LogP contribution in [0.3, 0.4) is 0 Å². The van der Waals surface area contributed by atoms with Gasteiger partial charge in [-0.25, -0.2) is 4.79 Å². The molecule has 0 aliphatic carbocycles. The molecule has 2 rings (SSSR count). The standard InChI is InChI=1S/C9H6O3S/c10-8-4-5-1-2-6(9(11)12)3-7(5)13-8/h1-3H,4H2,(H,11,12). The molecule has 1 aliphatic heterocycles. The van der Waals surface area contributed by atoms with Crippen LogP contribution >= 0.6 is 11.8 Å². The molecule has 0 spiro atoms. The Labute approximate surface area is 78.8 Å². The third-order valence-electron chi connectivity index (χ3n) is 1.87. The molecule has 1 aliphatic rings. The first-order valence-corrected chi connectivity index (χ1v) is 4.55. The van der Waals surface area contributed by atoms with Crippen molar-refractivity contribution < 1.29 is 14.7 Å². The van der Waals surface area contributed by atoms with Crippen LogP contribution in [0.25, 0.3) is 0 Å². The zero-order valence-electron chi connectivity index (χ0n) is 6.61. The van der Waals surface area contributed by atoms with Gasteiger partial charge in [0.25, 0.3) is 0 Å². The Balaban J connectivity index is 2.45. The van der Waals surface area contributed by atoms with Gasteiger partial charge in [-0.3, -0.25) is 4.79 Å². The highest BCUT2D eigenvalue weighted by Crippen LogP contribution is 2.32. The van der Waals surface area contributed by atoms with Gasteiger partial charge in [-0.15, -0.1) is 0 Å². The largest absolute Gasteiger partial charge is 0.478 e. The molecule has 0 fully saturated rings. The number of aromatic carboxylic acids is 1. The quantitative estimate of drug-likeness (QED) is 0.737. The fourth-order valence-electron chi connectivity index (χ4n) is 1.24. The highest BCUT2D eigenvalue weighted by Gasteiger charge is 2.20. The van der Waals surface area contributed by atoms with E-state index in [9.17, 15) is 9.59 Å². The molecule has 0 radical (unpaired) electrons. The predicted molar refractivity (Wildman–Crippen MR) is 48.0 cm³/mol. The van der Waals surface area contributed by atoms with Crippen molar-refractivity contribution in [2.75, 3.05) is 0 Å². The third-order valence-corrected chi connectivity index (χ3v) is 2.84. The number of hydrogen-bond donors (Lipinski definition) is 1. The van der Waals surface area contributed by atoms with Crippen LogP contribution in [0.1, 0.15) is 15.9 Å². The number of carboxylic acids is 1. The zero-order valence-corrected chi connectivity index (χ0v) is 7.43. The second-order valence-corrected chi connectivity index (χ2v) is 3.88. The Bertz CT molecular complexity index is 398. The minimum atomic E-state index is -0.956. The molecule has 66 valence electrons. The van der Waals surface area contributed by atoms with Gasteiger partial charge in [-0.1, -0.05) is 17.8 Å². The monoisotopic (exact) mass is 194 g/mol. The first-order valence-electron chi connectivity index (χ1n) is 3.74. The predicted octanol–water partition coefficient (Wildman–Crippen LogP) is 1.56. The molecular weight excluding hydrogens is 188 g/mol. The van der Waals surface area contributed by atoms with E-state index in [0.29, 0.717) is 6.42 Å². The van der Waals surface area contributed by atoms with Crippen LogP contribution in [0.5, 0.6) is 0 Å². The highest BCUT2D eigenvalue weighted by molar-refractivity contribution is 8.14. The second-order valence-electron chi connectivity index (χ2n) is 2.78. The fourth-order valence-corrected chi connectivity index (χ4v) is 2.17. The summed E-state index contributed by atoms with van der Waals surface area (Å²) in [5.74, 6) is -0.956. The molecule has 4 heteroatoms. The lowest BCUT2D eigenvalue weighted by atomic mass is 10.1. The van der Waals surface area contributed by atoms with Gasteiger partial charge >= 0.3 is 5.97 Å². The number of rotatable bonds is 1. The molecule has 0 atom stereocenters. The highest BCUT2D eigenvalue weighted by atomic mass is 32.2. The number of benzene rings is 1. The molecule has 0 saturated carbocycles. The van der Waals surface area contributed by atoms with Crippen molar-refractivity contribution in [3.05, 3.63) is 29.3 Å². The Kier molecular flexibility index (Phi) is 1.84. The van der Waals surface area contributed by atoms with Crippen LogP contribution in [0.4, 0.5) is 0 Å². The molecule has 1 aromatic rings. The van der Waals surface area contributed by atoms with E-state index in [1.807, 2.05) is 0 Å². The third kappa shape index (κ3) is 1.45. The molecule has 3 nitrogen and oxygen atoms in total. The normalized spacial score (nSPS) is 14.3. The number of thioether (sulfide) groups is 1. The smallest absolute Gasteiger partial charge is 0.335 e. The molecule has 1 heterocycles. The van der Waals surface area contributed by atoms with Gasteiger partial charge in [0.05, 0.1) is 5.56 Å². The van der Waals surface area contributed by atoms with Gasteiger partial charge in [0.2, 0.25) is 0 Å². The van der Waals surface area contributed by atoms with E-state index in [1.54, 1.807) is 12.1 Å². The maximum atomic E-state index is 11.0. The van der Waals surface area contributed by atoms with Crippen LogP contribution in [0.15, 0.2) is 23.1 Å². The minimum absolute atomic E-state index is 0.0811. The summed E-state index contributed by atoms with van der Waals surface area (Å²) in [6.45, 7) is 0. The number of carboxylic acid groups (broad SMARTS) is 1. The maximum Gasteiger partial charge on any atom is 0.335 e. The Morgan fingerprint density at radius 2 is 2.23 bits per heavy atom. The van der Waals surface area contributed by atoms with Crippen molar-refractivity contribution in [1.82, 2.24) is 0 Å². The molecular formula is C9H6O3S. The second kappa shape index (κ2) is 2.88. The van der Waals surface area contributed by atoms with E-state index < -0.39 is 5.97 Å². The number of fused-ring (bicyclic) bond motifs is 1. The van der Waals surface area contributed by atoms with Gasteiger partial charge in [0.15, 0.2) is 5.12 Å². The lowest BCUT2D eigenvalue weighted by Crippen LogP contribution is -1.96. The average Bonchev–Trinajstić information content (AvgIpc) is 2.42. The van der Waals surface area contributed by atoms with E-state index in [0.717, 1.165) is 22.2 Å². The van der Waals surface area contributed by atoms with Crippen molar-refractivity contribution in [1.29, 1.82) is 0 Å². The van der Waals surface area contributed by atoms with Crippen LogP contribution in [0.2, 0.25) is 0 Å². The van der Waals surface area contributed by atoms with Gasteiger partial charge in [0.1, 0.15) is 0 Å². The first kappa shape index (κ1) is 8.31. The van der Waals surface area contributed by atoms with Gasteiger partial charge in [-0.05, 0) is 17.7 Å². The summed E-state index contributed by atoms with van der Waals surface area (Å²) >= 11 is 1.12. The van der Waals surface area contributed by atoms with Crippen molar-refractivity contribution in [3.63, 3.8) is 0 Å². The SMILES string of the molecule is O=C1Cc2ccc(C(=O)O)cc2S1. The first-order chi connectivity index (χ1) is 6.16. The molecule has 13 heavy (non-hydrogen) atoms. The van der Waals surface area contributed by atoms with E-state index in [2.05, 4.69) is 0 Å². The summed E-state index contributed by atoms with van der Waals surface area (Å²) in [7, 11) is 0. The lowest BCUT2D eigenvalue weighted by molar-refractivity contribution is -0.110. The van der Waals surface area contributed by atoms with Crippen LogP contribution in [0, 0.1) is 0 Å². The van der Waals surface area contributed by atoms with Crippen molar-refractivity contribution >= 4 is 22.8 Å². The number of carbonyl (C=O) groups is 2. The van der Waals surface area contributed by atoms with Crippen molar-refractivity contribution in [2.45, 2.75) is 11.3 Å². The summed E-state index contributed by atoms with van der Waals surface area (Å²) < 4.78 is 0. The van der Waals surface area contributed by atoms with E-state index in [1.165, 1.54) is 6.07 Å². The number of carbonyl (C=O) groups excluding carboxylic acids is 1. The van der Waals surface area contributed by atoms with Crippen LogP contribution < -0.4 is 0 Å². The van der Waals surface area contributed by atoms with Crippen LogP contribution in [-0.2, 0) is 11.2 Å². The van der Waals surface area contributed by atoms with Crippen molar-refractivity contribution in [2.24, 2.45) is 0 Å². The average molecular weight is 194 g/mol. The summed E-state index contributed by atoms with van der Waals surface area (Å²) in [4.78, 5) is 22.4. The molecule has 0 saturated heterocycles. The Hall–Kier alpha value is -1.29. The van der Waals surface area contributed by atoms with E-state index >= 15 is 0 Å². The molecule has 1 aromatic carbocycles. The molecule has 0 bridgehead atoms. The van der Waals surface area contributed by atoms with Crippen molar-refractivity contribution in [3.8, 4) is 0 Å². The summed E-state index contributed by atoms with van der Waals surface area (Å²) in [6, 6.07) is 4.78. The summed E-state index contributed by atoms with van der Waals surface area (Å²) in [6.07, 6.45) is 0.417. The van der Waals surface area contributed by atoms with E-state index in [-0.39, 0.29) is 10.7 Å². The molecule has 0 amide bonds. The number of hydrogen-bond acceptors (Lipinski definition) is 3. The van der Waals surface area contributed by atoms with Gasteiger partial charge in [-0.2, -0.15) is 0 Å². The Morgan fingerprint density at radius 3 is 2.92 bits per heavy atom. The minimum Gasteiger partial charge on any atom is -0.478 e. The Morgan fingerprint density at radius 1 is 1.46 bits per heavy atom. The zero-order chi connectivity index (χ0) is 9.42. The molecule has 0 aromatic heterocycles. The van der Waals surface area contributed by atoms with Gasteiger partial charge in [0, 0.05) is 11.3 Å². The topological polar surface area (TPSA) is 54.4 Å². The van der Waals surface area contributed by atoms with Gasteiger partial charge < -0.3 is 5.11 Å². The summed E-state index contributed by atoms with van der Waals surface area (Å²) in [5.41, 5.74) is 1.17. The van der Waals surface area contributed by atoms with Crippen LogP contribution in [-0.4, -0.2) is 16.2 Å². The fraction of sp³-hybridized carbons (Fsp3) is 0.111. The summed E-state index contributed by atoms with van der Waals surface area (Å²) in [5, 5.41) is 8.77. The van der Waals surface area contributed by atoms with E-state index in [4.69, 9.17) is 5.11 Å². The molecule has 0 unspecified atom stereocenters. The molecule has 1 N–H and O–H groups in total. The maximum absolute atomic E-state index is 11.0.